The highest BCUT2D eigenvalue weighted by Crippen LogP contribution is 2.33. The van der Waals surface area contributed by atoms with Gasteiger partial charge in [-0.1, -0.05) is 19.9 Å². The Balaban J connectivity index is 2.10. The van der Waals surface area contributed by atoms with Crippen molar-refractivity contribution < 1.29 is 13.9 Å². The van der Waals surface area contributed by atoms with Crippen LogP contribution in [0.5, 0.6) is 0 Å². The number of benzene rings is 2. The molecule has 0 aliphatic carbocycles. The van der Waals surface area contributed by atoms with Crippen LogP contribution in [0.25, 0.3) is 16.6 Å². The maximum absolute atomic E-state index is 13.4. The zero-order valence-corrected chi connectivity index (χ0v) is 16.3. The second kappa shape index (κ2) is 7.06. The molecule has 1 aromatic heterocycles. The number of fused-ring (bicyclic) bond motifs is 1. The first kappa shape index (κ1) is 19.0. The largest absolute Gasteiger partial charge is 0.444 e. The molecule has 1 N–H and O–H groups in total. The third kappa shape index (κ3) is 4.13. The SMILES string of the molecule is CC(C)c1cc2c(NC(=O)OC(C)(C)C)cccc2n1-c1ccc(F)cc1. The number of rotatable bonds is 3. The molecule has 3 rings (SSSR count). The van der Waals surface area contributed by atoms with Gasteiger partial charge in [-0.3, -0.25) is 5.32 Å². The molecule has 0 atom stereocenters. The average Bonchev–Trinajstić information content (AvgIpc) is 2.95. The fraction of sp³-hybridized carbons (Fsp3) is 0.318. The molecule has 3 aromatic rings. The fourth-order valence-electron chi connectivity index (χ4n) is 3.08. The molecule has 0 radical (unpaired) electrons. The van der Waals surface area contributed by atoms with E-state index in [1.807, 2.05) is 39.0 Å². The van der Waals surface area contributed by atoms with Crippen LogP contribution in [-0.4, -0.2) is 16.3 Å². The van der Waals surface area contributed by atoms with Crippen molar-refractivity contribution in [3.63, 3.8) is 0 Å². The summed E-state index contributed by atoms with van der Waals surface area (Å²) in [7, 11) is 0. The summed E-state index contributed by atoms with van der Waals surface area (Å²) in [6, 6.07) is 14.2. The standard InChI is InChI=1S/C22H25FN2O2/c1-14(2)20-13-17-18(24-21(26)27-22(3,4)5)7-6-8-19(17)25(20)16-11-9-15(23)10-12-16/h6-14H,1-5H3,(H,24,26). The Bertz CT molecular complexity index is 966. The number of nitrogens with one attached hydrogen (secondary N) is 1. The van der Waals surface area contributed by atoms with Gasteiger partial charge in [-0.25, -0.2) is 9.18 Å². The van der Waals surface area contributed by atoms with Crippen LogP contribution < -0.4 is 5.32 Å². The summed E-state index contributed by atoms with van der Waals surface area (Å²) < 4.78 is 20.8. The number of ether oxygens (including phenoxy) is 1. The van der Waals surface area contributed by atoms with E-state index in [1.54, 1.807) is 12.1 Å². The minimum atomic E-state index is -0.568. The van der Waals surface area contributed by atoms with Crippen molar-refractivity contribution in [1.29, 1.82) is 0 Å². The third-order valence-corrected chi connectivity index (χ3v) is 4.19. The number of hydrogen-bond donors (Lipinski definition) is 1. The van der Waals surface area contributed by atoms with E-state index in [2.05, 4.69) is 29.8 Å². The molecule has 0 bridgehead atoms. The molecule has 4 nitrogen and oxygen atoms in total. The molecule has 0 saturated carbocycles. The number of carbonyl (C=O) groups is 1. The Labute approximate surface area is 158 Å². The van der Waals surface area contributed by atoms with Crippen molar-refractivity contribution >= 4 is 22.7 Å². The fourth-order valence-corrected chi connectivity index (χ4v) is 3.08. The zero-order chi connectivity index (χ0) is 19.8. The van der Waals surface area contributed by atoms with Crippen molar-refractivity contribution in [3.8, 4) is 5.69 Å². The third-order valence-electron chi connectivity index (χ3n) is 4.19. The van der Waals surface area contributed by atoms with E-state index in [0.717, 1.165) is 22.3 Å². The van der Waals surface area contributed by atoms with Crippen LogP contribution in [0.15, 0.2) is 48.5 Å². The number of anilines is 1. The Hall–Kier alpha value is -2.82. The molecule has 0 unspecified atom stereocenters. The minimum absolute atomic E-state index is 0.247. The molecule has 0 aliphatic heterocycles. The first-order valence-corrected chi connectivity index (χ1v) is 9.06. The molecular weight excluding hydrogens is 343 g/mol. The predicted octanol–water partition coefficient (Wildman–Crippen LogP) is 6.24. The van der Waals surface area contributed by atoms with E-state index in [1.165, 1.54) is 12.1 Å². The highest BCUT2D eigenvalue weighted by atomic mass is 19.1. The number of carbonyl (C=O) groups excluding carboxylic acids is 1. The van der Waals surface area contributed by atoms with Gasteiger partial charge in [0.05, 0.1) is 11.2 Å². The van der Waals surface area contributed by atoms with Crippen molar-refractivity contribution in [2.45, 2.75) is 46.1 Å². The van der Waals surface area contributed by atoms with Crippen molar-refractivity contribution in [2.24, 2.45) is 0 Å². The molecule has 142 valence electrons. The summed E-state index contributed by atoms with van der Waals surface area (Å²) in [5.74, 6) is -0.0228. The summed E-state index contributed by atoms with van der Waals surface area (Å²) in [5, 5.41) is 3.76. The van der Waals surface area contributed by atoms with Crippen LogP contribution in [0, 0.1) is 5.82 Å². The van der Waals surface area contributed by atoms with Crippen LogP contribution in [0.2, 0.25) is 0 Å². The number of halogens is 1. The van der Waals surface area contributed by atoms with Crippen LogP contribution >= 0.6 is 0 Å². The first-order chi connectivity index (χ1) is 12.7. The molecular formula is C22H25FN2O2. The smallest absolute Gasteiger partial charge is 0.412 e. The Morgan fingerprint density at radius 3 is 2.37 bits per heavy atom. The Morgan fingerprint density at radius 2 is 1.78 bits per heavy atom. The summed E-state index contributed by atoms with van der Waals surface area (Å²) in [5.41, 5.74) is 3.02. The van der Waals surface area contributed by atoms with Gasteiger partial charge in [0.25, 0.3) is 0 Å². The van der Waals surface area contributed by atoms with Gasteiger partial charge in [-0.2, -0.15) is 0 Å². The maximum Gasteiger partial charge on any atom is 0.412 e. The van der Waals surface area contributed by atoms with Gasteiger partial charge in [0, 0.05) is 16.8 Å². The van der Waals surface area contributed by atoms with Crippen LogP contribution in [0.4, 0.5) is 14.9 Å². The summed E-state index contributed by atoms with van der Waals surface area (Å²) in [4.78, 5) is 12.2. The lowest BCUT2D eigenvalue weighted by Gasteiger charge is -2.20. The molecule has 2 aromatic carbocycles. The van der Waals surface area contributed by atoms with Gasteiger partial charge in [0.2, 0.25) is 0 Å². The Morgan fingerprint density at radius 1 is 1.11 bits per heavy atom. The number of amides is 1. The Kier molecular flexibility index (Phi) is 4.96. The van der Waals surface area contributed by atoms with E-state index in [4.69, 9.17) is 4.74 Å². The van der Waals surface area contributed by atoms with E-state index in [0.29, 0.717) is 5.69 Å². The number of aromatic nitrogens is 1. The predicted molar refractivity (Wildman–Crippen MR) is 107 cm³/mol. The highest BCUT2D eigenvalue weighted by molar-refractivity contribution is 6.00. The molecule has 1 heterocycles. The molecule has 0 saturated heterocycles. The quantitative estimate of drug-likeness (QED) is 0.594. The molecule has 27 heavy (non-hydrogen) atoms. The van der Waals surface area contributed by atoms with Gasteiger partial charge >= 0.3 is 6.09 Å². The molecule has 0 aliphatic rings. The average molecular weight is 368 g/mol. The normalized spacial score (nSPS) is 11.8. The monoisotopic (exact) mass is 368 g/mol. The van der Waals surface area contributed by atoms with E-state index >= 15 is 0 Å². The molecule has 0 spiro atoms. The van der Waals surface area contributed by atoms with Crippen molar-refractivity contribution in [2.75, 3.05) is 5.32 Å². The lowest BCUT2D eigenvalue weighted by atomic mass is 10.1. The minimum Gasteiger partial charge on any atom is -0.444 e. The van der Waals surface area contributed by atoms with Crippen LogP contribution in [0.3, 0.4) is 0 Å². The van der Waals surface area contributed by atoms with E-state index in [-0.39, 0.29) is 11.7 Å². The summed E-state index contributed by atoms with van der Waals surface area (Å²) in [6.07, 6.45) is -0.490. The van der Waals surface area contributed by atoms with Crippen LogP contribution in [0.1, 0.15) is 46.2 Å². The second-order valence-electron chi connectivity index (χ2n) is 7.90. The van der Waals surface area contributed by atoms with Gasteiger partial charge in [-0.15, -0.1) is 0 Å². The highest BCUT2D eigenvalue weighted by Gasteiger charge is 2.19. The van der Waals surface area contributed by atoms with E-state index in [9.17, 15) is 9.18 Å². The maximum atomic E-state index is 13.4. The summed E-state index contributed by atoms with van der Waals surface area (Å²) in [6.45, 7) is 9.70. The van der Waals surface area contributed by atoms with Gasteiger partial charge in [0.1, 0.15) is 11.4 Å². The lowest BCUT2D eigenvalue weighted by Crippen LogP contribution is -2.27. The molecule has 5 heteroatoms. The first-order valence-electron chi connectivity index (χ1n) is 9.06. The van der Waals surface area contributed by atoms with Gasteiger partial charge < -0.3 is 9.30 Å². The van der Waals surface area contributed by atoms with Crippen LogP contribution in [-0.2, 0) is 4.74 Å². The lowest BCUT2D eigenvalue weighted by molar-refractivity contribution is 0.0636. The van der Waals surface area contributed by atoms with Crippen molar-refractivity contribution in [1.82, 2.24) is 4.57 Å². The molecule has 0 fully saturated rings. The van der Waals surface area contributed by atoms with E-state index < -0.39 is 11.7 Å². The zero-order valence-electron chi connectivity index (χ0n) is 16.3. The van der Waals surface area contributed by atoms with Crippen molar-refractivity contribution in [3.05, 3.63) is 60.0 Å². The number of hydrogen-bond acceptors (Lipinski definition) is 2. The van der Waals surface area contributed by atoms with Gasteiger partial charge in [-0.05, 0) is 69.2 Å². The second-order valence-corrected chi connectivity index (χ2v) is 7.90. The topological polar surface area (TPSA) is 43.3 Å². The molecule has 1 amide bonds. The number of nitrogens with zero attached hydrogens (tertiary/aromatic N) is 1. The summed E-state index contributed by atoms with van der Waals surface area (Å²) >= 11 is 0. The van der Waals surface area contributed by atoms with Gasteiger partial charge in [0.15, 0.2) is 0 Å².